The highest BCUT2D eigenvalue weighted by atomic mass is 16.5. The lowest BCUT2D eigenvalue weighted by molar-refractivity contribution is -0.108. The summed E-state index contributed by atoms with van der Waals surface area (Å²) in [4.78, 5) is 19.9. The van der Waals surface area contributed by atoms with Gasteiger partial charge in [-0.2, -0.15) is 0 Å². The Morgan fingerprint density at radius 1 is 1.00 bits per heavy atom. The van der Waals surface area contributed by atoms with Crippen molar-refractivity contribution in [2.75, 3.05) is 19.5 Å². The number of benzene rings is 3. The smallest absolute Gasteiger partial charge is 0.161 e. The van der Waals surface area contributed by atoms with Gasteiger partial charge in [-0.3, -0.25) is 0 Å². The number of hydrogen-bond donors (Lipinski definition) is 2. The molecule has 0 spiro atoms. The van der Waals surface area contributed by atoms with Crippen LogP contribution in [0.15, 0.2) is 60.7 Å². The molecule has 0 aliphatic heterocycles. The molecule has 3 aromatic carbocycles. The molecular formula is C24H23N3O3. The summed E-state index contributed by atoms with van der Waals surface area (Å²) in [7, 11) is 3.15. The van der Waals surface area contributed by atoms with Crippen LogP contribution in [0.3, 0.4) is 0 Å². The van der Waals surface area contributed by atoms with E-state index in [1.54, 1.807) is 26.4 Å². The van der Waals surface area contributed by atoms with Crippen molar-refractivity contribution in [3.63, 3.8) is 0 Å². The Morgan fingerprint density at radius 2 is 1.83 bits per heavy atom. The van der Waals surface area contributed by atoms with Crippen LogP contribution in [0.4, 0.5) is 5.69 Å². The molecular weight excluding hydrogens is 378 g/mol. The minimum atomic E-state index is -0.529. The van der Waals surface area contributed by atoms with Crippen LogP contribution in [0, 0.1) is 6.92 Å². The van der Waals surface area contributed by atoms with Gasteiger partial charge in [0.25, 0.3) is 0 Å². The molecule has 1 aromatic heterocycles. The second-order valence-corrected chi connectivity index (χ2v) is 7.06. The number of methoxy groups -OCH3 is 2. The lowest BCUT2D eigenvalue weighted by atomic mass is 10.1. The minimum Gasteiger partial charge on any atom is -0.493 e. The van der Waals surface area contributed by atoms with Crippen molar-refractivity contribution in [2.45, 2.75) is 13.0 Å². The number of fused-ring (bicyclic) bond motifs is 1. The maximum Gasteiger partial charge on any atom is 0.161 e. The van der Waals surface area contributed by atoms with E-state index in [0.717, 1.165) is 40.0 Å². The number of aryl methyl sites for hydroxylation is 1. The summed E-state index contributed by atoms with van der Waals surface area (Å²) >= 11 is 0. The quantitative estimate of drug-likeness (QED) is 0.431. The number of H-pyrrole nitrogens is 1. The Labute approximate surface area is 174 Å². The number of aromatic amines is 1. The van der Waals surface area contributed by atoms with Crippen LogP contribution in [0.25, 0.3) is 22.4 Å². The number of carbonyl (C=O) groups is 1. The molecule has 1 atom stereocenters. The van der Waals surface area contributed by atoms with Crippen molar-refractivity contribution in [3.8, 4) is 22.9 Å². The van der Waals surface area contributed by atoms with Gasteiger partial charge >= 0.3 is 0 Å². The summed E-state index contributed by atoms with van der Waals surface area (Å²) in [6.07, 6.45) is 0.873. The van der Waals surface area contributed by atoms with Crippen molar-refractivity contribution in [3.05, 3.63) is 71.8 Å². The zero-order valence-corrected chi connectivity index (χ0v) is 17.1. The molecule has 0 saturated heterocycles. The number of rotatable bonds is 7. The average molecular weight is 401 g/mol. The van der Waals surface area contributed by atoms with E-state index in [1.807, 2.05) is 42.5 Å². The Balaban J connectivity index is 1.62. The fraction of sp³-hybridized carbons (Fsp3) is 0.167. The summed E-state index contributed by atoms with van der Waals surface area (Å²) in [5.74, 6) is 1.98. The maximum absolute atomic E-state index is 11.8. The predicted molar refractivity (Wildman–Crippen MR) is 118 cm³/mol. The number of ether oxygens (including phenoxy) is 2. The highest BCUT2D eigenvalue weighted by molar-refractivity contribution is 5.80. The maximum atomic E-state index is 11.8. The first-order valence-electron chi connectivity index (χ1n) is 9.62. The van der Waals surface area contributed by atoms with E-state index in [0.29, 0.717) is 11.5 Å². The molecule has 0 aliphatic rings. The van der Waals surface area contributed by atoms with E-state index in [4.69, 9.17) is 9.47 Å². The number of carbonyl (C=O) groups excluding carboxylic acids is 1. The van der Waals surface area contributed by atoms with Gasteiger partial charge in [0.1, 0.15) is 18.2 Å². The first kappa shape index (κ1) is 19.5. The highest BCUT2D eigenvalue weighted by Crippen LogP contribution is 2.31. The van der Waals surface area contributed by atoms with Gasteiger partial charge in [0, 0.05) is 11.3 Å². The molecule has 30 heavy (non-hydrogen) atoms. The Morgan fingerprint density at radius 3 is 2.60 bits per heavy atom. The molecule has 6 heteroatoms. The molecule has 0 saturated carbocycles. The Hall–Kier alpha value is -3.80. The topological polar surface area (TPSA) is 76.2 Å². The summed E-state index contributed by atoms with van der Waals surface area (Å²) in [5.41, 5.74) is 5.63. The van der Waals surface area contributed by atoms with Crippen LogP contribution < -0.4 is 14.8 Å². The van der Waals surface area contributed by atoms with Crippen LogP contribution >= 0.6 is 0 Å². The molecule has 0 radical (unpaired) electrons. The zero-order valence-electron chi connectivity index (χ0n) is 17.1. The lowest BCUT2D eigenvalue weighted by Crippen LogP contribution is -2.12. The molecule has 6 nitrogen and oxygen atoms in total. The van der Waals surface area contributed by atoms with E-state index in [-0.39, 0.29) is 0 Å². The van der Waals surface area contributed by atoms with Gasteiger partial charge < -0.3 is 24.6 Å². The molecule has 1 heterocycles. The van der Waals surface area contributed by atoms with E-state index in [9.17, 15) is 4.79 Å². The van der Waals surface area contributed by atoms with Gasteiger partial charge in [-0.15, -0.1) is 0 Å². The Bertz CT molecular complexity index is 1200. The van der Waals surface area contributed by atoms with Crippen molar-refractivity contribution >= 4 is 23.0 Å². The second kappa shape index (κ2) is 8.29. The third kappa shape index (κ3) is 3.85. The summed E-state index contributed by atoms with van der Waals surface area (Å²) in [6.45, 7) is 2.05. The predicted octanol–water partition coefficient (Wildman–Crippen LogP) is 4.91. The SMILES string of the molecule is COc1ccc(C(C=O)Nc2cccc(-c3nc4ccc(C)cc4[nH]3)c2)cc1OC. The van der Waals surface area contributed by atoms with Crippen LogP contribution in [0.1, 0.15) is 17.2 Å². The third-order valence-corrected chi connectivity index (χ3v) is 5.00. The zero-order chi connectivity index (χ0) is 21.1. The number of nitrogens with one attached hydrogen (secondary N) is 2. The fourth-order valence-corrected chi connectivity index (χ4v) is 3.44. The third-order valence-electron chi connectivity index (χ3n) is 5.00. The van der Waals surface area contributed by atoms with Crippen LogP contribution in [-0.2, 0) is 4.79 Å². The fourth-order valence-electron chi connectivity index (χ4n) is 3.44. The first-order valence-corrected chi connectivity index (χ1v) is 9.62. The van der Waals surface area contributed by atoms with Gasteiger partial charge in [-0.25, -0.2) is 4.98 Å². The van der Waals surface area contributed by atoms with E-state index in [1.165, 1.54) is 5.56 Å². The molecule has 0 amide bonds. The normalized spacial score (nSPS) is 11.8. The first-order chi connectivity index (χ1) is 14.6. The average Bonchev–Trinajstić information content (AvgIpc) is 3.20. The summed E-state index contributed by atoms with van der Waals surface area (Å²) < 4.78 is 10.6. The summed E-state index contributed by atoms with van der Waals surface area (Å²) in [5, 5.41) is 3.28. The number of hydrogen-bond acceptors (Lipinski definition) is 5. The number of aromatic nitrogens is 2. The highest BCUT2D eigenvalue weighted by Gasteiger charge is 2.14. The molecule has 4 rings (SSSR count). The molecule has 152 valence electrons. The van der Waals surface area contributed by atoms with Crippen LogP contribution in [0.5, 0.6) is 11.5 Å². The van der Waals surface area contributed by atoms with Gasteiger partial charge in [0.2, 0.25) is 0 Å². The van der Waals surface area contributed by atoms with Crippen molar-refractivity contribution in [1.82, 2.24) is 9.97 Å². The second-order valence-electron chi connectivity index (χ2n) is 7.06. The van der Waals surface area contributed by atoms with Gasteiger partial charge in [-0.05, 0) is 54.4 Å². The van der Waals surface area contributed by atoms with Gasteiger partial charge in [0.15, 0.2) is 11.5 Å². The minimum absolute atomic E-state index is 0.529. The van der Waals surface area contributed by atoms with Crippen LogP contribution in [0.2, 0.25) is 0 Å². The van der Waals surface area contributed by atoms with E-state index in [2.05, 4.69) is 28.3 Å². The number of imidazole rings is 1. The van der Waals surface area contributed by atoms with E-state index < -0.39 is 6.04 Å². The summed E-state index contributed by atoms with van der Waals surface area (Å²) in [6, 6.07) is 18.9. The molecule has 1 unspecified atom stereocenters. The van der Waals surface area contributed by atoms with Crippen molar-refractivity contribution in [1.29, 1.82) is 0 Å². The Kier molecular flexibility index (Phi) is 5.39. The van der Waals surface area contributed by atoms with Crippen molar-refractivity contribution in [2.24, 2.45) is 0 Å². The van der Waals surface area contributed by atoms with Gasteiger partial charge in [-0.1, -0.05) is 24.3 Å². The van der Waals surface area contributed by atoms with Crippen molar-refractivity contribution < 1.29 is 14.3 Å². The number of anilines is 1. The number of nitrogens with zero attached hydrogens (tertiary/aromatic N) is 1. The molecule has 0 aliphatic carbocycles. The molecule has 2 N–H and O–H groups in total. The number of aldehydes is 1. The standard InChI is InChI=1S/C24H23N3O3/c1-15-7-9-19-20(11-15)27-24(26-19)17-5-4-6-18(12-17)25-21(14-28)16-8-10-22(29-2)23(13-16)30-3/h4-14,21,25H,1-3H3,(H,26,27). The van der Waals surface area contributed by atoms with E-state index >= 15 is 0 Å². The molecule has 0 bridgehead atoms. The molecule has 4 aromatic rings. The monoisotopic (exact) mass is 401 g/mol. The molecule has 0 fully saturated rings. The lowest BCUT2D eigenvalue weighted by Gasteiger charge is -2.17. The van der Waals surface area contributed by atoms with Crippen LogP contribution in [-0.4, -0.2) is 30.5 Å². The largest absolute Gasteiger partial charge is 0.493 e. The van der Waals surface area contributed by atoms with Gasteiger partial charge in [0.05, 0.1) is 25.3 Å².